The van der Waals surface area contributed by atoms with Gasteiger partial charge in [0.05, 0.1) is 35.7 Å². The van der Waals surface area contributed by atoms with Crippen molar-refractivity contribution in [2.45, 2.75) is 50.4 Å². The smallest absolute Gasteiger partial charge is 0.149 e. The average molecular weight is 419 g/mol. The van der Waals surface area contributed by atoms with E-state index in [9.17, 15) is 18.7 Å². The number of carbonyl (C=O) groups is 1. The van der Waals surface area contributed by atoms with E-state index in [0.29, 0.717) is 17.5 Å². The second-order valence-electron chi connectivity index (χ2n) is 8.28. The highest BCUT2D eigenvalue weighted by atomic mass is 35.5. The van der Waals surface area contributed by atoms with Crippen molar-refractivity contribution < 1.29 is 23.4 Å². The molecule has 2 aromatic carbocycles. The Kier molecular flexibility index (Phi) is 4.53. The van der Waals surface area contributed by atoms with Crippen LogP contribution in [0.5, 0.6) is 0 Å². The molecule has 6 unspecified atom stereocenters. The van der Waals surface area contributed by atoms with Crippen molar-refractivity contribution >= 4 is 17.4 Å². The number of aliphatic hydroxyl groups excluding tert-OH is 1. The number of hydrogen-bond acceptors (Lipinski definition) is 3. The van der Waals surface area contributed by atoms with Gasteiger partial charge in [-0.2, -0.15) is 0 Å². The van der Waals surface area contributed by atoms with Crippen LogP contribution in [-0.2, 0) is 16.0 Å². The number of Topliss-reactive ketones (excluding diaryl/α,β-unsaturated/α-hetero) is 1. The van der Waals surface area contributed by atoms with E-state index in [-0.39, 0.29) is 40.4 Å². The lowest BCUT2D eigenvalue weighted by Gasteiger charge is -2.24. The number of aliphatic hydroxyl groups is 1. The third-order valence-electron chi connectivity index (χ3n) is 6.86. The van der Waals surface area contributed by atoms with Gasteiger partial charge >= 0.3 is 0 Å². The topological polar surface area (TPSA) is 46.5 Å². The zero-order valence-corrected chi connectivity index (χ0v) is 16.6. The predicted octanol–water partition coefficient (Wildman–Crippen LogP) is 4.67. The number of benzene rings is 2. The van der Waals surface area contributed by atoms with Crippen LogP contribution in [0.15, 0.2) is 30.3 Å². The molecule has 3 nitrogen and oxygen atoms in total. The third-order valence-corrected chi connectivity index (χ3v) is 7.08. The Morgan fingerprint density at radius 2 is 1.83 bits per heavy atom. The zero-order chi connectivity index (χ0) is 20.4. The van der Waals surface area contributed by atoms with Crippen molar-refractivity contribution in [1.82, 2.24) is 0 Å². The van der Waals surface area contributed by atoms with Gasteiger partial charge in [-0.15, -0.1) is 0 Å². The van der Waals surface area contributed by atoms with Gasteiger partial charge in [-0.25, -0.2) is 8.78 Å². The lowest BCUT2D eigenvalue weighted by Crippen LogP contribution is -2.31. The molecular formula is C23H21ClF2O3. The summed E-state index contributed by atoms with van der Waals surface area (Å²) in [5.41, 5.74) is 1.71. The molecular weight excluding hydrogens is 398 g/mol. The molecule has 3 fully saturated rings. The minimum absolute atomic E-state index is 0.0150. The molecule has 152 valence electrons. The standard InChI is InChI=1S/C23H21ClF2O3/c1-2-10-3-4-11(18-14(25)8-12(24)9-15(18)26)7-13(10)19-22(27)20-16-5-6-17(29-16)21(20)23(19)28/h3-4,7-9,16-17,19-22,27H,2,5-6H2,1H3. The molecule has 29 heavy (non-hydrogen) atoms. The maximum absolute atomic E-state index is 14.5. The fourth-order valence-corrected chi connectivity index (χ4v) is 5.83. The highest BCUT2D eigenvalue weighted by Crippen LogP contribution is 2.54. The molecule has 0 amide bonds. The Balaban J connectivity index is 1.61. The number of fused-ring (bicyclic) bond motifs is 5. The Bertz CT molecular complexity index is 985. The summed E-state index contributed by atoms with van der Waals surface area (Å²) in [6.45, 7) is 1.96. The van der Waals surface area contributed by atoms with Crippen LogP contribution in [0.3, 0.4) is 0 Å². The monoisotopic (exact) mass is 418 g/mol. The molecule has 0 aromatic heterocycles. The molecule has 1 saturated carbocycles. The van der Waals surface area contributed by atoms with Crippen LogP contribution in [0, 0.1) is 23.5 Å². The molecule has 0 spiro atoms. The van der Waals surface area contributed by atoms with Gasteiger partial charge in [0.1, 0.15) is 17.4 Å². The van der Waals surface area contributed by atoms with E-state index in [1.54, 1.807) is 18.2 Å². The fraction of sp³-hybridized carbons (Fsp3) is 0.435. The molecule has 6 atom stereocenters. The zero-order valence-electron chi connectivity index (χ0n) is 15.9. The van der Waals surface area contributed by atoms with E-state index < -0.39 is 23.7 Å². The molecule has 0 radical (unpaired) electrons. The van der Waals surface area contributed by atoms with Crippen molar-refractivity contribution in [2.24, 2.45) is 11.8 Å². The second kappa shape index (κ2) is 6.86. The van der Waals surface area contributed by atoms with E-state index in [2.05, 4.69) is 0 Å². The molecule has 2 bridgehead atoms. The molecule has 6 heteroatoms. The van der Waals surface area contributed by atoms with Crippen LogP contribution in [0.4, 0.5) is 8.78 Å². The van der Waals surface area contributed by atoms with Crippen LogP contribution in [0.25, 0.3) is 11.1 Å². The van der Waals surface area contributed by atoms with Crippen molar-refractivity contribution in [1.29, 1.82) is 0 Å². The first-order valence-corrected chi connectivity index (χ1v) is 10.4. The van der Waals surface area contributed by atoms with E-state index in [1.165, 1.54) is 0 Å². The second-order valence-corrected chi connectivity index (χ2v) is 8.71. The molecule has 2 aromatic rings. The summed E-state index contributed by atoms with van der Waals surface area (Å²) in [6, 6.07) is 7.24. The van der Waals surface area contributed by atoms with Crippen molar-refractivity contribution in [3.63, 3.8) is 0 Å². The summed E-state index contributed by atoms with van der Waals surface area (Å²) in [5.74, 6) is -2.70. The number of aryl methyl sites for hydroxylation is 1. The molecule has 2 aliphatic heterocycles. The highest BCUT2D eigenvalue weighted by Gasteiger charge is 2.62. The van der Waals surface area contributed by atoms with Crippen LogP contribution in [0.2, 0.25) is 5.02 Å². The van der Waals surface area contributed by atoms with Crippen LogP contribution in [0.1, 0.15) is 36.8 Å². The first kappa shape index (κ1) is 19.2. The van der Waals surface area contributed by atoms with Gasteiger partial charge in [-0.3, -0.25) is 4.79 Å². The third kappa shape index (κ3) is 2.78. The maximum Gasteiger partial charge on any atom is 0.149 e. The van der Waals surface area contributed by atoms with Gasteiger partial charge in [-0.05, 0) is 54.2 Å². The summed E-state index contributed by atoms with van der Waals surface area (Å²) in [7, 11) is 0. The minimum Gasteiger partial charge on any atom is -0.392 e. The molecule has 2 heterocycles. The van der Waals surface area contributed by atoms with E-state index in [0.717, 1.165) is 30.5 Å². The van der Waals surface area contributed by atoms with Crippen LogP contribution in [-0.4, -0.2) is 29.2 Å². The van der Waals surface area contributed by atoms with Crippen molar-refractivity contribution in [2.75, 3.05) is 0 Å². The first-order valence-electron chi connectivity index (χ1n) is 10.1. The predicted molar refractivity (Wildman–Crippen MR) is 105 cm³/mol. The Morgan fingerprint density at radius 1 is 1.14 bits per heavy atom. The van der Waals surface area contributed by atoms with Gasteiger partial charge < -0.3 is 9.84 Å². The number of halogens is 3. The summed E-state index contributed by atoms with van der Waals surface area (Å²) >= 11 is 5.75. The highest BCUT2D eigenvalue weighted by molar-refractivity contribution is 6.30. The summed E-state index contributed by atoms with van der Waals surface area (Å²) in [4.78, 5) is 13.3. The van der Waals surface area contributed by atoms with E-state index >= 15 is 0 Å². The number of rotatable bonds is 3. The maximum atomic E-state index is 14.5. The summed E-state index contributed by atoms with van der Waals surface area (Å²) in [5, 5.41) is 11.1. The molecule has 1 aliphatic carbocycles. The van der Waals surface area contributed by atoms with E-state index in [4.69, 9.17) is 16.3 Å². The summed E-state index contributed by atoms with van der Waals surface area (Å²) in [6.07, 6.45) is 1.33. The lowest BCUT2D eigenvalue weighted by molar-refractivity contribution is -0.124. The Labute approximate surface area is 172 Å². The summed E-state index contributed by atoms with van der Waals surface area (Å²) < 4.78 is 34.8. The molecule has 5 rings (SSSR count). The van der Waals surface area contributed by atoms with E-state index in [1.807, 2.05) is 6.92 Å². The minimum atomic E-state index is -0.844. The van der Waals surface area contributed by atoms with Crippen LogP contribution >= 0.6 is 11.6 Å². The molecule has 2 saturated heterocycles. The van der Waals surface area contributed by atoms with Gasteiger partial charge in [-0.1, -0.05) is 30.7 Å². The quantitative estimate of drug-likeness (QED) is 0.788. The largest absolute Gasteiger partial charge is 0.392 e. The molecule has 3 aliphatic rings. The SMILES string of the molecule is CCc1ccc(-c2c(F)cc(Cl)cc2F)cc1C1C(=O)C2C3CCC(O3)C2C1O. The number of ether oxygens (including phenoxy) is 1. The van der Waals surface area contributed by atoms with Crippen LogP contribution < -0.4 is 0 Å². The van der Waals surface area contributed by atoms with Crippen molar-refractivity contribution in [3.8, 4) is 11.1 Å². The van der Waals surface area contributed by atoms with Gasteiger partial charge in [0.2, 0.25) is 0 Å². The Hall–Kier alpha value is -1.82. The van der Waals surface area contributed by atoms with Gasteiger partial charge in [0, 0.05) is 10.9 Å². The first-order chi connectivity index (χ1) is 13.9. The van der Waals surface area contributed by atoms with Gasteiger partial charge in [0.15, 0.2) is 0 Å². The number of hydrogen-bond donors (Lipinski definition) is 1. The average Bonchev–Trinajstić information content (AvgIpc) is 3.35. The van der Waals surface area contributed by atoms with Crippen molar-refractivity contribution in [3.05, 3.63) is 58.1 Å². The van der Waals surface area contributed by atoms with Gasteiger partial charge in [0.25, 0.3) is 0 Å². The number of ketones is 1. The lowest BCUT2D eigenvalue weighted by atomic mass is 9.81. The fourth-order valence-electron chi connectivity index (χ4n) is 5.64. The molecule has 1 N–H and O–H groups in total. The number of carbonyl (C=O) groups excluding carboxylic acids is 1. The Morgan fingerprint density at radius 3 is 2.48 bits per heavy atom. The normalized spacial score (nSPS) is 32.8.